The number of rotatable bonds is 6. The second-order valence-corrected chi connectivity index (χ2v) is 8.74. The van der Waals surface area contributed by atoms with Gasteiger partial charge in [0.15, 0.2) is 6.29 Å². The normalized spacial score (nSPS) is 34.0. The zero-order valence-corrected chi connectivity index (χ0v) is 16.6. The first-order valence-electron chi connectivity index (χ1n) is 10.5. The van der Waals surface area contributed by atoms with Gasteiger partial charge in [-0.2, -0.15) is 0 Å². The summed E-state index contributed by atoms with van der Waals surface area (Å²) in [6, 6.07) is 0. The van der Waals surface area contributed by atoms with Gasteiger partial charge in [-0.3, -0.25) is 0 Å². The first kappa shape index (κ1) is 19.1. The van der Waals surface area contributed by atoms with Gasteiger partial charge in [0.2, 0.25) is 0 Å². The van der Waals surface area contributed by atoms with Gasteiger partial charge in [-0.1, -0.05) is 30.2 Å². The van der Waals surface area contributed by atoms with Crippen molar-refractivity contribution in [3.05, 3.63) is 23.3 Å². The Kier molecular flexibility index (Phi) is 7.15. The summed E-state index contributed by atoms with van der Waals surface area (Å²) >= 11 is 0. The molecule has 2 aliphatic heterocycles. The van der Waals surface area contributed by atoms with Gasteiger partial charge in [0.1, 0.15) is 12.6 Å². The van der Waals surface area contributed by atoms with E-state index < -0.39 is 0 Å². The molecule has 0 aromatic rings. The number of quaternary nitrogens is 1. The number of piperidine rings is 1. The maximum absolute atomic E-state index is 6.34. The van der Waals surface area contributed by atoms with Crippen molar-refractivity contribution in [1.29, 1.82) is 0 Å². The molecule has 2 saturated heterocycles. The highest BCUT2D eigenvalue weighted by molar-refractivity contribution is 5.10. The van der Waals surface area contributed by atoms with Gasteiger partial charge in [-0.25, -0.2) is 0 Å². The summed E-state index contributed by atoms with van der Waals surface area (Å²) in [5, 5.41) is 0. The molecule has 1 aliphatic carbocycles. The molecule has 3 heteroatoms. The Balaban J connectivity index is 1.45. The van der Waals surface area contributed by atoms with E-state index in [9.17, 15) is 0 Å². The summed E-state index contributed by atoms with van der Waals surface area (Å²) in [5.74, 6) is 1.20. The number of allylic oxidation sites excluding steroid dienone is 4. The average Bonchev–Trinajstić information content (AvgIpc) is 3.04. The van der Waals surface area contributed by atoms with Crippen LogP contribution in [0.25, 0.3) is 0 Å². The summed E-state index contributed by atoms with van der Waals surface area (Å²) < 4.78 is 12.4. The van der Waals surface area contributed by atoms with Crippen molar-refractivity contribution in [3.8, 4) is 0 Å². The van der Waals surface area contributed by atoms with Crippen LogP contribution in [0.3, 0.4) is 0 Å². The standard InChI is InChI=1S/C22H37NO2/c1-17(2)8-7-9-19-10-11-21(18(3)14-19)22-24-16-20(25-22)15-23-12-5-4-6-13-23/h8,10,18,20-22H,4-7,9,11-16H2,1-3H3/p+1/t18-,20+,21-,22+/m0/s1. The highest BCUT2D eigenvalue weighted by Crippen LogP contribution is 2.36. The zero-order valence-electron chi connectivity index (χ0n) is 16.6. The molecule has 0 spiro atoms. The van der Waals surface area contributed by atoms with Gasteiger partial charge in [-0.15, -0.1) is 0 Å². The molecule has 0 radical (unpaired) electrons. The quantitative estimate of drug-likeness (QED) is 0.742. The van der Waals surface area contributed by atoms with Crippen molar-refractivity contribution in [2.24, 2.45) is 11.8 Å². The van der Waals surface area contributed by atoms with Crippen LogP contribution < -0.4 is 4.90 Å². The Bertz CT molecular complexity index is 474. The van der Waals surface area contributed by atoms with Gasteiger partial charge in [0.05, 0.1) is 19.7 Å². The third kappa shape index (κ3) is 5.67. The summed E-state index contributed by atoms with van der Waals surface area (Å²) in [5.41, 5.74) is 3.06. The maximum atomic E-state index is 6.34. The fourth-order valence-electron chi connectivity index (χ4n) is 4.69. The summed E-state index contributed by atoms with van der Waals surface area (Å²) in [7, 11) is 0. The Morgan fingerprint density at radius 2 is 2.04 bits per heavy atom. The van der Waals surface area contributed by atoms with E-state index in [0.29, 0.717) is 17.9 Å². The minimum absolute atomic E-state index is 0.0276. The van der Waals surface area contributed by atoms with E-state index in [1.165, 1.54) is 57.2 Å². The van der Waals surface area contributed by atoms with E-state index in [-0.39, 0.29) is 6.29 Å². The van der Waals surface area contributed by atoms with Crippen molar-refractivity contribution in [2.75, 3.05) is 26.2 Å². The smallest absolute Gasteiger partial charge is 0.161 e. The van der Waals surface area contributed by atoms with E-state index in [4.69, 9.17) is 9.47 Å². The summed E-state index contributed by atoms with van der Waals surface area (Å²) in [6.07, 6.45) is 14.1. The molecule has 3 rings (SSSR count). The number of hydrogen-bond acceptors (Lipinski definition) is 2. The van der Waals surface area contributed by atoms with Crippen molar-refractivity contribution in [1.82, 2.24) is 0 Å². The van der Waals surface area contributed by atoms with E-state index >= 15 is 0 Å². The number of nitrogens with one attached hydrogen (secondary N) is 1. The first-order valence-corrected chi connectivity index (χ1v) is 10.5. The lowest BCUT2D eigenvalue weighted by Gasteiger charge is -2.32. The van der Waals surface area contributed by atoms with E-state index in [0.717, 1.165) is 19.6 Å². The molecule has 1 N–H and O–H groups in total. The van der Waals surface area contributed by atoms with Gasteiger partial charge in [-0.05, 0) is 64.7 Å². The Hall–Kier alpha value is -0.640. The van der Waals surface area contributed by atoms with Crippen molar-refractivity contribution in [3.63, 3.8) is 0 Å². The van der Waals surface area contributed by atoms with Crippen LogP contribution in [0.5, 0.6) is 0 Å². The molecule has 142 valence electrons. The van der Waals surface area contributed by atoms with Crippen molar-refractivity contribution >= 4 is 0 Å². The third-order valence-corrected chi connectivity index (χ3v) is 6.21. The molecule has 0 amide bonds. The second-order valence-electron chi connectivity index (χ2n) is 8.74. The van der Waals surface area contributed by atoms with Gasteiger partial charge in [0.25, 0.3) is 0 Å². The van der Waals surface area contributed by atoms with Crippen LogP contribution in [-0.2, 0) is 9.47 Å². The molecular weight excluding hydrogens is 310 g/mol. The molecule has 3 nitrogen and oxygen atoms in total. The van der Waals surface area contributed by atoms with Crippen LogP contribution in [0.2, 0.25) is 0 Å². The highest BCUT2D eigenvalue weighted by Gasteiger charge is 2.38. The van der Waals surface area contributed by atoms with Gasteiger partial charge >= 0.3 is 0 Å². The minimum Gasteiger partial charge on any atom is -0.349 e. The molecule has 0 aromatic heterocycles. The molecular formula is C22H38NO2+. The lowest BCUT2D eigenvalue weighted by molar-refractivity contribution is -0.907. The van der Waals surface area contributed by atoms with Crippen LogP contribution >= 0.6 is 0 Å². The zero-order chi connectivity index (χ0) is 17.6. The molecule has 2 fully saturated rings. The largest absolute Gasteiger partial charge is 0.349 e. The van der Waals surface area contributed by atoms with E-state index in [2.05, 4.69) is 32.9 Å². The van der Waals surface area contributed by atoms with Crippen LogP contribution in [0.15, 0.2) is 23.3 Å². The van der Waals surface area contributed by atoms with Crippen LogP contribution in [0.1, 0.15) is 65.7 Å². The second kappa shape index (κ2) is 9.34. The minimum atomic E-state index is 0.0276. The fourth-order valence-corrected chi connectivity index (χ4v) is 4.69. The number of ether oxygens (including phenoxy) is 2. The van der Waals surface area contributed by atoms with Crippen LogP contribution in [0, 0.1) is 11.8 Å². The highest BCUT2D eigenvalue weighted by atomic mass is 16.7. The topological polar surface area (TPSA) is 22.9 Å². The number of likely N-dealkylation sites (tertiary alicyclic amines) is 1. The molecule has 0 aromatic carbocycles. The lowest BCUT2D eigenvalue weighted by atomic mass is 9.79. The number of hydrogen-bond donors (Lipinski definition) is 1. The third-order valence-electron chi connectivity index (χ3n) is 6.21. The van der Waals surface area contributed by atoms with Gasteiger partial charge in [0, 0.05) is 5.92 Å². The van der Waals surface area contributed by atoms with E-state index in [1.807, 2.05) is 0 Å². The molecule has 0 unspecified atom stereocenters. The maximum Gasteiger partial charge on any atom is 0.161 e. The van der Waals surface area contributed by atoms with E-state index in [1.54, 1.807) is 10.5 Å². The predicted molar refractivity (Wildman–Crippen MR) is 103 cm³/mol. The summed E-state index contributed by atoms with van der Waals surface area (Å²) in [4.78, 5) is 1.72. The summed E-state index contributed by atoms with van der Waals surface area (Å²) in [6.45, 7) is 11.3. The molecule has 2 heterocycles. The molecule has 4 atom stereocenters. The lowest BCUT2D eigenvalue weighted by Crippen LogP contribution is -3.13. The van der Waals surface area contributed by atoms with Gasteiger partial charge < -0.3 is 14.4 Å². The van der Waals surface area contributed by atoms with Crippen molar-refractivity contribution < 1.29 is 14.4 Å². The van der Waals surface area contributed by atoms with Crippen molar-refractivity contribution in [2.45, 2.75) is 78.1 Å². The predicted octanol–water partition coefficient (Wildman–Crippen LogP) is 3.52. The Morgan fingerprint density at radius 1 is 1.24 bits per heavy atom. The first-order chi connectivity index (χ1) is 12.1. The van der Waals surface area contributed by atoms with Crippen LogP contribution in [0.4, 0.5) is 0 Å². The van der Waals surface area contributed by atoms with Crippen LogP contribution in [-0.4, -0.2) is 38.6 Å². The Labute approximate surface area is 154 Å². The molecule has 0 bridgehead atoms. The molecule has 3 aliphatic rings. The average molecular weight is 349 g/mol. The molecule has 25 heavy (non-hydrogen) atoms. The monoisotopic (exact) mass is 348 g/mol. The SMILES string of the molecule is CC(C)=CCCC1=CC[C@H]([C@@H]2OC[C@@H](C[NH+]3CCCCC3)O2)[C@@H](C)C1. The molecule has 0 saturated carbocycles. The fraction of sp³-hybridized carbons (Fsp3) is 0.818. The Morgan fingerprint density at radius 3 is 2.76 bits per heavy atom.